The minimum atomic E-state index is -0.222. The van der Waals surface area contributed by atoms with Gasteiger partial charge in [-0.2, -0.15) is 0 Å². The minimum absolute atomic E-state index is 0.0231. The molecule has 0 aliphatic carbocycles. The third-order valence-corrected chi connectivity index (χ3v) is 4.09. The molecule has 0 aliphatic rings. The van der Waals surface area contributed by atoms with E-state index in [1.54, 1.807) is 12.1 Å². The molecule has 1 N–H and O–H groups in total. The lowest BCUT2D eigenvalue weighted by atomic mass is 10.1. The summed E-state index contributed by atoms with van der Waals surface area (Å²) in [6, 6.07) is 13.1. The second-order valence-corrected chi connectivity index (χ2v) is 6.31. The molecule has 120 valence electrons. The van der Waals surface area contributed by atoms with E-state index in [9.17, 15) is 9.59 Å². The highest BCUT2D eigenvalue weighted by molar-refractivity contribution is 9.10. The summed E-state index contributed by atoms with van der Waals surface area (Å²) in [7, 11) is 0. The number of benzene rings is 2. The van der Waals surface area contributed by atoms with E-state index >= 15 is 0 Å². The summed E-state index contributed by atoms with van der Waals surface area (Å²) in [6.07, 6.45) is 0. The first-order chi connectivity index (χ1) is 10.9. The lowest BCUT2D eigenvalue weighted by molar-refractivity contribution is -0.120. The van der Waals surface area contributed by atoms with Crippen LogP contribution in [-0.2, 0) is 9.59 Å². The van der Waals surface area contributed by atoms with E-state index in [4.69, 9.17) is 0 Å². The molecule has 2 aromatic carbocycles. The summed E-state index contributed by atoms with van der Waals surface area (Å²) in [5, 5.41) is 2.90. The van der Waals surface area contributed by atoms with Crippen molar-refractivity contribution in [3.8, 4) is 0 Å². The summed E-state index contributed by atoms with van der Waals surface area (Å²) in [6.45, 7) is 5.32. The van der Waals surface area contributed by atoms with Crippen LogP contribution in [0.1, 0.15) is 18.1 Å². The van der Waals surface area contributed by atoms with E-state index in [1.807, 2.05) is 44.2 Å². The van der Waals surface area contributed by atoms with Gasteiger partial charge in [-0.15, -0.1) is 0 Å². The van der Waals surface area contributed by atoms with Crippen LogP contribution in [0.4, 0.5) is 11.4 Å². The molecule has 0 spiro atoms. The van der Waals surface area contributed by atoms with Gasteiger partial charge < -0.3 is 10.2 Å². The largest absolute Gasteiger partial charge is 0.324 e. The highest BCUT2D eigenvalue weighted by atomic mass is 79.9. The zero-order valence-corrected chi connectivity index (χ0v) is 15.0. The van der Waals surface area contributed by atoms with Crippen molar-refractivity contribution in [2.75, 3.05) is 16.8 Å². The lowest BCUT2D eigenvalue weighted by Gasteiger charge is -2.21. The van der Waals surface area contributed by atoms with Crippen LogP contribution in [0.2, 0.25) is 0 Å². The zero-order valence-electron chi connectivity index (χ0n) is 13.4. The van der Waals surface area contributed by atoms with Crippen LogP contribution in [0.25, 0.3) is 0 Å². The molecule has 0 aromatic heterocycles. The van der Waals surface area contributed by atoms with Crippen molar-refractivity contribution in [3.05, 3.63) is 58.1 Å². The molecular weight excluding hydrogens is 356 g/mol. The molecular formula is C18H19BrN2O2. The Bertz CT molecular complexity index is 706. The van der Waals surface area contributed by atoms with Gasteiger partial charge in [0.2, 0.25) is 11.8 Å². The predicted octanol–water partition coefficient (Wildman–Crippen LogP) is 4.06. The van der Waals surface area contributed by atoms with Crippen molar-refractivity contribution in [1.82, 2.24) is 0 Å². The molecule has 0 saturated carbocycles. The normalized spacial score (nSPS) is 10.3. The molecule has 0 unspecified atom stereocenters. The fraction of sp³-hybridized carbons (Fsp3) is 0.222. The number of nitrogens with zero attached hydrogens (tertiary/aromatic N) is 1. The first-order valence-corrected chi connectivity index (χ1v) is 8.07. The van der Waals surface area contributed by atoms with Gasteiger partial charge in [-0.3, -0.25) is 9.59 Å². The first-order valence-electron chi connectivity index (χ1n) is 7.28. The van der Waals surface area contributed by atoms with E-state index in [-0.39, 0.29) is 18.4 Å². The maximum absolute atomic E-state index is 12.4. The molecule has 0 heterocycles. The van der Waals surface area contributed by atoms with Crippen molar-refractivity contribution in [1.29, 1.82) is 0 Å². The molecule has 23 heavy (non-hydrogen) atoms. The Kier molecular flexibility index (Phi) is 5.55. The van der Waals surface area contributed by atoms with Crippen molar-refractivity contribution < 1.29 is 9.59 Å². The number of nitrogens with one attached hydrogen (secondary N) is 1. The van der Waals surface area contributed by atoms with Crippen molar-refractivity contribution in [2.45, 2.75) is 20.8 Å². The van der Waals surface area contributed by atoms with Crippen LogP contribution >= 0.6 is 15.9 Å². The highest BCUT2D eigenvalue weighted by Gasteiger charge is 2.16. The van der Waals surface area contributed by atoms with Crippen LogP contribution in [-0.4, -0.2) is 18.4 Å². The number of hydrogen-bond acceptors (Lipinski definition) is 2. The first kappa shape index (κ1) is 17.2. The Hall–Kier alpha value is -2.14. The van der Waals surface area contributed by atoms with E-state index in [0.717, 1.165) is 21.3 Å². The molecule has 2 amide bonds. The van der Waals surface area contributed by atoms with Crippen LogP contribution in [0.15, 0.2) is 46.9 Å². The molecule has 0 radical (unpaired) electrons. The number of rotatable bonds is 4. The van der Waals surface area contributed by atoms with Gasteiger partial charge in [0, 0.05) is 22.8 Å². The summed E-state index contributed by atoms with van der Waals surface area (Å²) in [4.78, 5) is 25.7. The van der Waals surface area contributed by atoms with Gasteiger partial charge in [0.15, 0.2) is 0 Å². The van der Waals surface area contributed by atoms with Crippen LogP contribution in [0, 0.1) is 13.8 Å². The third-order valence-electron chi connectivity index (χ3n) is 3.57. The van der Waals surface area contributed by atoms with E-state index in [1.165, 1.54) is 11.8 Å². The SMILES string of the molecule is CC(=O)N(CC(=O)Nc1c(C)cccc1C)c1ccc(Br)cc1. The predicted molar refractivity (Wildman–Crippen MR) is 96.7 cm³/mol. The molecule has 5 heteroatoms. The Labute approximate surface area is 144 Å². The Morgan fingerprint density at radius 1 is 1.04 bits per heavy atom. The Balaban J connectivity index is 2.16. The van der Waals surface area contributed by atoms with Crippen LogP contribution < -0.4 is 10.2 Å². The number of amides is 2. The van der Waals surface area contributed by atoms with Gasteiger partial charge in [0.05, 0.1) is 0 Å². The number of carbonyl (C=O) groups is 2. The van der Waals surface area contributed by atoms with Gasteiger partial charge >= 0.3 is 0 Å². The number of hydrogen-bond donors (Lipinski definition) is 1. The van der Waals surface area contributed by atoms with E-state index in [0.29, 0.717) is 5.69 Å². The molecule has 0 atom stereocenters. The van der Waals surface area contributed by atoms with Gasteiger partial charge in [0.1, 0.15) is 6.54 Å². The second-order valence-electron chi connectivity index (χ2n) is 5.40. The summed E-state index contributed by atoms with van der Waals surface area (Å²) < 4.78 is 0.921. The molecule has 0 saturated heterocycles. The second kappa shape index (κ2) is 7.42. The third kappa shape index (κ3) is 4.42. The summed E-state index contributed by atoms with van der Waals surface area (Å²) in [5.74, 6) is -0.399. The minimum Gasteiger partial charge on any atom is -0.324 e. The molecule has 4 nitrogen and oxygen atoms in total. The molecule has 2 rings (SSSR count). The number of anilines is 2. The van der Waals surface area contributed by atoms with Crippen molar-refractivity contribution in [2.24, 2.45) is 0 Å². The zero-order chi connectivity index (χ0) is 17.0. The van der Waals surface area contributed by atoms with Crippen molar-refractivity contribution >= 4 is 39.1 Å². The summed E-state index contributed by atoms with van der Waals surface area (Å²) in [5.41, 5.74) is 3.49. The quantitative estimate of drug-likeness (QED) is 0.876. The maximum Gasteiger partial charge on any atom is 0.244 e. The van der Waals surface area contributed by atoms with Crippen molar-refractivity contribution in [3.63, 3.8) is 0 Å². The molecule has 2 aromatic rings. The molecule has 0 aliphatic heterocycles. The molecule has 0 fully saturated rings. The number of halogens is 1. The maximum atomic E-state index is 12.4. The monoisotopic (exact) mass is 374 g/mol. The van der Waals surface area contributed by atoms with Crippen LogP contribution in [0.5, 0.6) is 0 Å². The van der Waals surface area contributed by atoms with Gasteiger partial charge in [0.25, 0.3) is 0 Å². The Morgan fingerprint density at radius 3 is 2.13 bits per heavy atom. The highest BCUT2D eigenvalue weighted by Crippen LogP contribution is 2.21. The lowest BCUT2D eigenvalue weighted by Crippen LogP contribution is -2.36. The average Bonchev–Trinajstić information content (AvgIpc) is 2.49. The smallest absolute Gasteiger partial charge is 0.244 e. The number of carbonyl (C=O) groups excluding carboxylic acids is 2. The summed E-state index contributed by atoms with van der Waals surface area (Å²) >= 11 is 3.36. The molecule has 0 bridgehead atoms. The average molecular weight is 375 g/mol. The van der Waals surface area contributed by atoms with Gasteiger partial charge in [-0.25, -0.2) is 0 Å². The van der Waals surface area contributed by atoms with Gasteiger partial charge in [-0.05, 0) is 49.2 Å². The van der Waals surface area contributed by atoms with E-state index in [2.05, 4.69) is 21.2 Å². The number of aryl methyl sites for hydroxylation is 2. The standard InChI is InChI=1S/C18H19BrN2O2/c1-12-5-4-6-13(2)18(12)20-17(23)11-21(14(3)22)16-9-7-15(19)8-10-16/h4-10H,11H2,1-3H3,(H,20,23). The topological polar surface area (TPSA) is 49.4 Å². The fourth-order valence-corrected chi connectivity index (χ4v) is 2.60. The van der Waals surface area contributed by atoms with Gasteiger partial charge in [-0.1, -0.05) is 34.1 Å². The van der Waals surface area contributed by atoms with E-state index < -0.39 is 0 Å². The fourth-order valence-electron chi connectivity index (χ4n) is 2.34. The van der Waals surface area contributed by atoms with Crippen LogP contribution in [0.3, 0.4) is 0 Å². The number of para-hydroxylation sites is 1. The Morgan fingerprint density at radius 2 is 1.61 bits per heavy atom.